The Kier molecular flexibility index (Phi) is 5.61. The lowest BCUT2D eigenvalue weighted by Crippen LogP contribution is -2.17. The second kappa shape index (κ2) is 6.74. The van der Waals surface area contributed by atoms with E-state index >= 15 is 0 Å². The molecule has 0 radical (unpaired) electrons. The minimum absolute atomic E-state index is 0.0125. The summed E-state index contributed by atoms with van der Waals surface area (Å²) in [7, 11) is 0. The second-order valence-electron chi connectivity index (χ2n) is 3.69. The van der Waals surface area contributed by atoms with Gasteiger partial charge < -0.3 is 14.9 Å². The Hall–Kier alpha value is -0.910. The van der Waals surface area contributed by atoms with Crippen LogP contribution in [0, 0.1) is 6.92 Å². The zero-order valence-corrected chi connectivity index (χ0v) is 11.1. The summed E-state index contributed by atoms with van der Waals surface area (Å²) in [6, 6.07) is 5.42. The van der Waals surface area contributed by atoms with Crippen LogP contribution in [0.2, 0.25) is 0 Å². The van der Waals surface area contributed by atoms with Crippen LogP contribution >= 0.6 is 15.9 Å². The third kappa shape index (κ3) is 4.11. The van der Waals surface area contributed by atoms with E-state index in [1.807, 2.05) is 19.1 Å². The molecule has 0 saturated carbocycles. The Labute approximate surface area is 108 Å². The first kappa shape index (κ1) is 14.2. The molecule has 0 bridgehead atoms. The maximum Gasteiger partial charge on any atom is 0.337 e. The van der Waals surface area contributed by atoms with Gasteiger partial charge in [-0.05, 0) is 25.0 Å². The zero-order valence-electron chi connectivity index (χ0n) is 9.52. The fourth-order valence-electron chi connectivity index (χ4n) is 1.40. The lowest BCUT2D eigenvalue weighted by atomic mass is 10.1. The maximum atomic E-state index is 11.1. The van der Waals surface area contributed by atoms with Crippen LogP contribution in [0.3, 0.4) is 0 Å². The molecule has 0 amide bonds. The average molecular weight is 303 g/mol. The number of aliphatic hydroxyl groups is 1. The summed E-state index contributed by atoms with van der Waals surface area (Å²) in [4.78, 5) is 11.1. The molecule has 0 aliphatic rings. The Balaban J connectivity index is 2.86. The van der Waals surface area contributed by atoms with Crippen LogP contribution in [0.4, 0.5) is 0 Å². The van der Waals surface area contributed by atoms with E-state index in [2.05, 4.69) is 15.9 Å². The molecule has 0 heterocycles. The number of carbonyl (C=O) groups is 1. The highest BCUT2D eigenvalue weighted by atomic mass is 79.9. The zero-order chi connectivity index (χ0) is 12.8. The molecule has 0 aliphatic heterocycles. The summed E-state index contributed by atoms with van der Waals surface area (Å²) in [5.41, 5.74) is 1.63. The SMILES string of the molecule is Cc1ccc(C(OCCCO)C(=O)O)c(Br)c1. The van der Waals surface area contributed by atoms with Gasteiger partial charge in [-0.2, -0.15) is 0 Å². The smallest absolute Gasteiger partial charge is 0.337 e. The third-order valence-corrected chi connectivity index (χ3v) is 2.94. The van der Waals surface area contributed by atoms with Crippen LogP contribution in [0.15, 0.2) is 22.7 Å². The highest BCUT2D eigenvalue weighted by Gasteiger charge is 2.22. The van der Waals surface area contributed by atoms with Crippen LogP contribution in [-0.2, 0) is 9.53 Å². The van der Waals surface area contributed by atoms with E-state index in [1.54, 1.807) is 6.07 Å². The van der Waals surface area contributed by atoms with Gasteiger partial charge in [-0.25, -0.2) is 4.79 Å². The van der Waals surface area contributed by atoms with Crippen molar-refractivity contribution in [2.75, 3.05) is 13.2 Å². The molecule has 0 fully saturated rings. The number of carboxylic acids is 1. The Morgan fingerprint density at radius 3 is 2.76 bits per heavy atom. The summed E-state index contributed by atoms with van der Waals surface area (Å²) >= 11 is 3.33. The van der Waals surface area contributed by atoms with Gasteiger partial charge in [0.15, 0.2) is 6.10 Å². The molecule has 0 aliphatic carbocycles. The number of halogens is 1. The molecule has 17 heavy (non-hydrogen) atoms. The van der Waals surface area contributed by atoms with Gasteiger partial charge >= 0.3 is 5.97 Å². The van der Waals surface area contributed by atoms with Gasteiger partial charge in [-0.3, -0.25) is 0 Å². The van der Waals surface area contributed by atoms with Crippen molar-refractivity contribution < 1.29 is 19.7 Å². The quantitative estimate of drug-likeness (QED) is 0.791. The molecule has 1 aromatic carbocycles. The van der Waals surface area contributed by atoms with Crippen LogP contribution in [0.1, 0.15) is 23.7 Å². The molecule has 0 spiro atoms. The Morgan fingerprint density at radius 2 is 2.24 bits per heavy atom. The number of hydrogen-bond acceptors (Lipinski definition) is 3. The topological polar surface area (TPSA) is 66.8 Å². The second-order valence-corrected chi connectivity index (χ2v) is 4.55. The van der Waals surface area contributed by atoms with Crippen LogP contribution in [0.25, 0.3) is 0 Å². The van der Waals surface area contributed by atoms with Crippen LogP contribution in [0.5, 0.6) is 0 Å². The summed E-state index contributed by atoms with van der Waals surface area (Å²) in [5.74, 6) is -1.03. The average Bonchev–Trinajstić information content (AvgIpc) is 2.25. The number of hydrogen-bond donors (Lipinski definition) is 2. The van der Waals surface area contributed by atoms with Gasteiger partial charge in [0.05, 0.1) is 6.61 Å². The van der Waals surface area contributed by atoms with E-state index in [-0.39, 0.29) is 13.2 Å². The fourth-order valence-corrected chi connectivity index (χ4v) is 2.11. The third-order valence-electron chi connectivity index (χ3n) is 2.25. The summed E-state index contributed by atoms with van der Waals surface area (Å²) in [6.07, 6.45) is -0.579. The van der Waals surface area contributed by atoms with E-state index in [9.17, 15) is 4.79 Å². The first-order chi connectivity index (χ1) is 8.06. The number of aliphatic hydroxyl groups excluding tert-OH is 1. The highest BCUT2D eigenvalue weighted by Crippen LogP contribution is 2.27. The molecule has 1 unspecified atom stereocenters. The molecule has 5 heteroatoms. The minimum Gasteiger partial charge on any atom is -0.479 e. The van der Waals surface area contributed by atoms with E-state index in [0.29, 0.717) is 16.5 Å². The van der Waals surface area contributed by atoms with Crippen molar-refractivity contribution in [3.63, 3.8) is 0 Å². The number of aryl methyl sites for hydroxylation is 1. The number of aliphatic carboxylic acids is 1. The summed E-state index contributed by atoms with van der Waals surface area (Å²) < 4.78 is 5.98. The van der Waals surface area contributed by atoms with E-state index < -0.39 is 12.1 Å². The largest absolute Gasteiger partial charge is 0.479 e. The molecule has 1 rings (SSSR count). The van der Waals surface area contributed by atoms with Crippen molar-refractivity contribution >= 4 is 21.9 Å². The van der Waals surface area contributed by atoms with Crippen molar-refractivity contribution in [1.82, 2.24) is 0 Å². The van der Waals surface area contributed by atoms with Gasteiger partial charge in [0.2, 0.25) is 0 Å². The highest BCUT2D eigenvalue weighted by molar-refractivity contribution is 9.10. The standard InChI is InChI=1S/C12H15BrO4/c1-8-3-4-9(10(13)7-8)11(12(15)16)17-6-2-5-14/h3-4,7,11,14H,2,5-6H2,1H3,(H,15,16). The Morgan fingerprint density at radius 1 is 1.53 bits per heavy atom. The molecule has 0 aromatic heterocycles. The molecular formula is C12H15BrO4. The van der Waals surface area contributed by atoms with Gasteiger partial charge in [0.1, 0.15) is 0 Å². The molecule has 2 N–H and O–H groups in total. The van der Waals surface area contributed by atoms with Crippen molar-refractivity contribution in [3.05, 3.63) is 33.8 Å². The normalized spacial score (nSPS) is 12.4. The first-order valence-electron chi connectivity index (χ1n) is 5.27. The predicted molar refractivity (Wildman–Crippen MR) is 66.9 cm³/mol. The van der Waals surface area contributed by atoms with Gasteiger partial charge in [0, 0.05) is 16.6 Å². The predicted octanol–water partition coefficient (Wildman–Crippen LogP) is 2.28. The monoisotopic (exact) mass is 302 g/mol. The van der Waals surface area contributed by atoms with E-state index in [1.165, 1.54) is 0 Å². The van der Waals surface area contributed by atoms with Crippen molar-refractivity contribution in [1.29, 1.82) is 0 Å². The molecule has 94 valence electrons. The van der Waals surface area contributed by atoms with Gasteiger partial charge in [-0.15, -0.1) is 0 Å². The lowest BCUT2D eigenvalue weighted by Gasteiger charge is -2.15. The molecule has 1 atom stereocenters. The Bertz CT molecular complexity index is 392. The van der Waals surface area contributed by atoms with Crippen molar-refractivity contribution in [2.45, 2.75) is 19.4 Å². The fraction of sp³-hybridized carbons (Fsp3) is 0.417. The molecular weight excluding hydrogens is 288 g/mol. The van der Waals surface area contributed by atoms with E-state index in [0.717, 1.165) is 5.56 Å². The number of carboxylic acid groups (broad SMARTS) is 1. The van der Waals surface area contributed by atoms with Gasteiger partial charge in [-0.1, -0.05) is 28.1 Å². The maximum absolute atomic E-state index is 11.1. The molecule has 4 nitrogen and oxygen atoms in total. The molecule has 1 aromatic rings. The van der Waals surface area contributed by atoms with Crippen molar-refractivity contribution in [2.24, 2.45) is 0 Å². The van der Waals surface area contributed by atoms with Crippen LogP contribution < -0.4 is 0 Å². The summed E-state index contributed by atoms with van der Waals surface area (Å²) in [5, 5.41) is 17.8. The van der Waals surface area contributed by atoms with Gasteiger partial charge in [0.25, 0.3) is 0 Å². The summed E-state index contributed by atoms with van der Waals surface area (Å²) in [6.45, 7) is 2.13. The first-order valence-corrected chi connectivity index (χ1v) is 6.07. The number of benzene rings is 1. The minimum atomic E-state index is -1.03. The van der Waals surface area contributed by atoms with E-state index in [4.69, 9.17) is 14.9 Å². The molecule has 0 saturated heterocycles. The number of ether oxygens (including phenoxy) is 1. The van der Waals surface area contributed by atoms with Crippen molar-refractivity contribution in [3.8, 4) is 0 Å². The lowest BCUT2D eigenvalue weighted by molar-refractivity contribution is -0.151. The van der Waals surface area contributed by atoms with Crippen LogP contribution in [-0.4, -0.2) is 29.4 Å². The number of rotatable bonds is 6.